The van der Waals surface area contributed by atoms with Crippen LogP contribution in [-0.2, 0) is 6.54 Å². The first-order valence-corrected chi connectivity index (χ1v) is 6.08. The molecule has 0 heterocycles. The minimum Gasteiger partial charge on any atom is -0.395 e. The van der Waals surface area contributed by atoms with E-state index in [0.29, 0.717) is 6.54 Å². The van der Waals surface area contributed by atoms with E-state index in [9.17, 15) is 0 Å². The Morgan fingerprint density at radius 2 is 1.76 bits per heavy atom. The van der Waals surface area contributed by atoms with Gasteiger partial charge in [0, 0.05) is 31.4 Å². The Balaban J connectivity index is 2.56. The van der Waals surface area contributed by atoms with Gasteiger partial charge >= 0.3 is 0 Å². The lowest BCUT2D eigenvalue weighted by atomic mass is 10.1. The molecule has 0 bridgehead atoms. The molecule has 3 nitrogen and oxygen atoms in total. The lowest BCUT2D eigenvalue weighted by Crippen LogP contribution is -2.35. The molecule has 0 unspecified atom stereocenters. The number of hydrogen-bond acceptors (Lipinski definition) is 3. The first-order chi connectivity index (χ1) is 7.92. The quantitative estimate of drug-likeness (QED) is 0.821. The minimum atomic E-state index is 0.145. The van der Waals surface area contributed by atoms with Crippen molar-refractivity contribution >= 4 is 5.69 Å². The monoisotopic (exact) mass is 236 g/mol. The van der Waals surface area contributed by atoms with E-state index < -0.39 is 0 Å². The van der Waals surface area contributed by atoms with Crippen molar-refractivity contribution in [1.82, 2.24) is 5.32 Å². The van der Waals surface area contributed by atoms with Gasteiger partial charge in [-0.05, 0) is 38.5 Å². The van der Waals surface area contributed by atoms with E-state index in [4.69, 9.17) is 5.11 Å². The smallest absolute Gasteiger partial charge is 0.0606 e. The van der Waals surface area contributed by atoms with Crippen LogP contribution in [0.2, 0.25) is 0 Å². The zero-order valence-corrected chi connectivity index (χ0v) is 11.3. The molecule has 0 aromatic heterocycles. The molecule has 1 aromatic carbocycles. The maximum atomic E-state index is 8.87. The molecule has 0 aliphatic rings. The normalized spacial score (nSPS) is 11.6. The molecule has 0 aliphatic carbocycles. The van der Waals surface area contributed by atoms with Gasteiger partial charge in [0.1, 0.15) is 0 Å². The van der Waals surface area contributed by atoms with Gasteiger partial charge in [-0.1, -0.05) is 12.1 Å². The Hall–Kier alpha value is -1.06. The number of nitrogens with one attached hydrogen (secondary N) is 1. The van der Waals surface area contributed by atoms with Crippen LogP contribution in [0.5, 0.6) is 0 Å². The predicted molar refractivity (Wildman–Crippen MR) is 73.4 cm³/mol. The van der Waals surface area contributed by atoms with Crippen molar-refractivity contribution in [2.75, 3.05) is 25.1 Å². The summed E-state index contributed by atoms with van der Waals surface area (Å²) in [5.74, 6) is 0. The average Bonchev–Trinajstić information content (AvgIpc) is 2.26. The fraction of sp³-hybridized carbons (Fsp3) is 0.571. The highest BCUT2D eigenvalue weighted by atomic mass is 16.3. The van der Waals surface area contributed by atoms with Crippen molar-refractivity contribution in [1.29, 1.82) is 0 Å². The highest BCUT2D eigenvalue weighted by molar-refractivity contribution is 5.46. The average molecular weight is 236 g/mol. The van der Waals surface area contributed by atoms with E-state index in [-0.39, 0.29) is 12.1 Å². The molecule has 0 fully saturated rings. The van der Waals surface area contributed by atoms with Crippen molar-refractivity contribution in [3.63, 3.8) is 0 Å². The molecule has 0 spiro atoms. The third kappa shape index (κ3) is 5.20. The van der Waals surface area contributed by atoms with Gasteiger partial charge in [-0.3, -0.25) is 0 Å². The van der Waals surface area contributed by atoms with Crippen LogP contribution in [0.15, 0.2) is 24.3 Å². The standard InChI is InChI=1S/C14H24N2O/c1-14(2,3)15-11-12-5-7-13(8-6-12)16(4)9-10-17/h5-8,15,17H,9-11H2,1-4H3. The van der Waals surface area contributed by atoms with Gasteiger partial charge in [-0.25, -0.2) is 0 Å². The number of benzene rings is 1. The van der Waals surface area contributed by atoms with Crippen LogP contribution in [0.3, 0.4) is 0 Å². The van der Waals surface area contributed by atoms with Gasteiger partial charge in [-0.2, -0.15) is 0 Å². The summed E-state index contributed by atoms with van der Waals surface area (Å²) < 4.78 is 0. The highest BCUT2D eigenvalue weighted by Gasteiger charge is 2.08. The Kier molecular flexibility index (Phi) is 4.97. The molecule has 0 saturated carbocycles. The van der Waals surface area contributed by atoms with Gasteiger partial charge < -0.3 is 15.3 Å². The molecule has 1 rings (SSSR count). The van der Waals surface area contributed by atoms with Crippen molar-refractivity contribution in [2.24, 2.45) is 0 Å². The predicted octanol–water partition coefficient (Wildman–Crippen LogP) is 2.00. The first-order valence-electron chi connectivity index (χ1n) is 6.08. The van der Waals surface area contributed by atoms with Gasteiger partial charge in [0.15, 0.2) is 0 Å². The Labute approximate surface area is 104 Å². The number of aliphatic hydroxyl groups excluding tert-OH is 1. The summed E-state index contributed by atoms with van der Waals surface area (Å²) >= 11 is 0. The molecular formula is C14H24N2O. The molecule has 0 saturated heterocycles. The van der Waals surface area contributed by atoms with Crippen LogP contribution < -0.4 is 10.2 Å². The highest BCUT2D eigenvalue weighted by Crippen LogP contribution is 2.14. The minimum absolute atomic E-state index is 0.145. The number of hydrogen-bond donors (Lipinski definition) is 2. The van der Waals surface area contributed by atoms with E-state index in [2.05, 4.69) is 50.4 Å². The van der Waals surface area contributed by atoms with Crippen LogP contribution in [0.4, 0.5) is 5.69 Å². The van der Waals surface area contributed by atoms with Crippen molar-refractivity contribution in [2.45, 2.75) is 32.9 Å². The van der Waals surface area contributed by atoms with Crippen molar-refractivity contribution in [3.8, 4) is 0 Å². The number of likely N-dealkylation sites (N-methyl/N-ethyl adjacent to an activating group) is 1. The van der Waals surface area contributed by atoms with Gasteiger partial charge in [0.2, 0.25) is 0 Å². The summed E-state index contributed by atoms with van der Waals surface area (Å²) in [6, 6.07) is 8.44. The zero-order chi connectivity index (χ0) is 12.9. The van der Waals surface area contributed by atoms with Crippen LogP contribution in [0, 0.1) is 0 Å². The SMILES string of the molecule is CN(CCO)c1ccc(CNC(C)(C)C)cc1. The maximum absolute atomic E-state index is 8.87. The topological polar surface area (TPSA) is 35.5 Å². The van der Waals surface area contributed by atoms with Gasteiger partial charge in [-0.15, -0.1) is 0 Å². The number of rotatable bonds is 5. The molecule has 3 heteroatoms. The Bertz CT molecular complexity index is 327. The second-order valence-electron chi connectivity index (χ2n) is 5.42. The van der Waals surface area contributed by atoms with E-state index in [0.717, 1.165) is 12.2 Å². The molecule has 2 N–H and O–H groups in total. The van der Waals surface area contributed by atoms with Crippen LogP contribution in [0.1, 0.15) is 26.3 Å². The number of aliphatic hydroxyl groups is 1. The van der Waals surface area contributed by atoms with Crippen LogP contribution in [-0.4, -0.2) is 30.8 Å². The molecule has 1 aromatic rings. The Morgan fingerprint density at radius 3 is 2.24 bits per heavy atom. The molecular weight excluding hydrogens is 212 g/mol. The van der Waals surface area contributed by atoms with Gasteiger partial charge in [0.05, 0.1) is 6.61 Å². The molecule has 17 heavy (non-hydrogen) atoms. The van der Waals surface area contributed by atoms with Crippen LogP contribution in [0.25, 0.3) is 0 Å². The molecule has 96 valence electrons. The fourth-order valence-electron chi connectivity index (χ4n) is 1.51. The third-order valence-corrected chi connectivity index (χ3v) is 2.64. The second-order valence-corrected chi connectivity index (χ2v) is 5.42. The molecule has 0 aliphatic heterocycles. The number of nitrogens with zero attached hydrogens (tertiary/aromatic N) is 1. The van der Waals surface area contributed by atoms with Gasteiger partial charge in [0.25, 0.3) is 0 Å². The number of anilines is 1. The molecule has 0 radical (unpaired) electrons. The summed E-state index contributed by atoms with van der Waals surface area (Å²) in [7, 11) is 1.98. The van der Waals surface area contributed by atoms with E-state index >= 15 is 0 Å². The lowest BCUT2D eigenvalue weighted by Gasteiger charge is -2.21. The van der Waals surface area contributed by atoms with E-state index in [1.165, 1.54) is 5.56 Å². The summed E-state index contributed by atoms with van der Waals surface area (Å²) in [6.45, 7) is 8.22. The summed E-state index contributed by atoms with van der Waals surface area (Å²) in [5, 5.41) is 12.3. The first kappa shape index (κ1) is 14.0. The largest absolute Gasteiger partial charge is 0.395 e. The molecule has 0 atom stereocenters. The maximum Gasteiger partial charge on any atom is 0.0606 e. The van der Waals surface area contributed by atoms with Crippen molar-refractivity contribution in [3.05, 3.63) is 29.8 Å². The molecule has 0 amide bonds. The van der Waals surface area contributed by atoms with E-state index in [1.807, 2.05) is 11.9 Å². The second kappa shape index (κ2) is 6.03. The Morgan fingerprint density at radius 1 is 1.18 bits per heavy atom. The van der Waals surface area contributed by atoms with Crippen LogP contribution >= 0.6 is 0 Å². The zero-order valence-electron chi connectivity index (χ0n) is 11.3. The van der Waals surface area contributed by atoms with E-state index in [1.54, 1.807) is 0 Å². The summed E-state index contributed by atoms with van der Waals surface area (Å²) in [4.78, 5) is 2.04. The van der Waals surface area contributed by atoms with Crippen molar-refractivity contribution < 1.29 is 5.11 Å². The summed E-state index contributed by atoms with van der Waals surface area (Å²) in [6.07, 6.45) is 0. The fourth-order valence-corrected chi connectivity index (χ4v) is 1.51. The summed E-state index contributed by atoms with van der Waals surface area (Å²) in [5.41, 5.74) is 2.56. The third-order valence-electron chi connectivity index (χ3n) is 2.64. The lowest BCUT2D eigenvalue weighted by molar-refractivity contribution is 0.304.